The predicted octanol–water partition coefficient (Wildman–Crippen LogP) is 4.07. The highest BCUT2D eigenvalue weighted by atomic mass is 16.2. The molecule has 1 N–H and O–H groups in total. The third kappa shape index (κ3) is 8.57. The Kier molecular flexibility index (Phi) is 12.6. The maximum absolute atomic E-state index is 14.1. The zero-order valence-electron chi connectivity index (χ0n) is 28.5. The van der Waals surface area contributed by atoms with E-state index in [9.17, 15) is 19.2 Å². The molecule has 2 saturated heterocycles. The van der Waals surface area contributed by atoms with Crippen molar-refractivity contribution >= 4 is 23.6 Å². The molecule has 0 radical (unpaired) electrons. The van der Waals surface area contributed by atoms with Crippen LogP contribution in [0.1, 0.15) is 101 Å². The molecular formula is C33H59N5O4. The van der Waals surface area contributed by atoms with Gasteiger partial charge >= 0.3 is 0 Å². The summed E-state index contributed by atoms with van der Waals surface area (Å²) in [6, 6.07) is -1.48. The summed E-state index contributed by atoms with van der Waals surface area (Å²) in [7, 11) is 3.54. The first-order valence-corrected chi connectivity index (χ1v) is 16.0. The average molecular weight is 590 g/mol. The Morgan fingerprint density at radius 1 is 0.857 bits per heavy atom. The maximum Gasteiger partial charge on any atom is 0.249 e. The smallest absolute Gasteiger partial charge is 0.249 e. The van der Waals surface area contributed by atoms with E-state index in [0.717, 1.165) is 32.2 Å². The molecule has 2 heterocycles. The molecule has 0 aromatic heterocycles. The second-order valence-corrected chi connectivity index (χ2v) is 14.4. The van der Waals surface area contributed by atoms with Crippen LogP contribution in [-0.4, -0.2) is 107 Å². The summed E-state index contributed by atoms with van der Waals surface area (Å²) in [6.45, 7) is 21.3. The number of likely N-dealkylation sites (tertiary alicyclic amines) is 2. The monoisotopic (exact) mass is 589 g/mol. The van der Waals surface area contributed by atoms with E-state index >= 15 is 0 Å². The van der Waals surface area contributed by atoms with Gasteiger partial charge in [-0.2, -0.15) is 0 Å². The van der Waals surface area contributed by atoms with Crippen LogP contribution < -0.4 is 5.32 Å². The van der Waals surface area contributed by atoms with Crippen LogP contribution in [0.5, 0.6) is 0 Å². The van der Waals surface area contributed by atoms with E-state index in [0.29, 0.717) is 18.5 Å². The summed E-state index contributed by atoms with van der Waals surface area (Å²) in [5, 5.41) is 3.13. The van der Waals surface area contributed by atoms with Crippen molar-refractivity contribution < 1.29 is 19.2 Å². The molecule has 2 aliphatic rings. The van der Waals surface area contributed by atoms with Gasteiger partial charge in [-0.15, -0.1) is 0 Å². The van der Waals surface area contributed by atoms with Crippen LogP contribution in [0.15, 0.2) is 11.6 Å². The first kappa shape index (κ1) is 35.8. The molecule has 2 fully saturated rings. The van der Waals surface area contributed by atoms with E-state index in [1.165, 1.54) is 0 Å². The van der Waals surface area contributed by atoms with Gasteiger partial charge in [0.1, 0.15) is 12.1 Å². The lowest BCUT2D eigenvalue weighted by Crippen LogP contribution is -2.60. The largest absolute Gasteiger partial charge is 0.342 e. The Balaban J connectivity index is 2.28. The first-order chi connectivity index (χ1) is 19.4. The predicted molar refractivity (Wildman–Crippen MR) is 169 cm³/mol. The number of likely N-dealkylation sites (N-methyl/N-ethyl adjacent to an activating group) is 2. The summed E-state index contributed by atoms with van der Waals surface area (Å²) < 4.78 is 0. The molecule has 0 aromatic carbocycles. The minimum atomic E-state index is -0.719. The zero-order chi connectivity index (χ0) is 32.1. The van der Waals surface area contributed by atoms with E-state index in [4.69, 9.17) is 0 Å². The highest BCUT2D eigenvalue weighted by Crippen LogP contribution is 2.27. The van der Waals surface area contributed by atoms with Gasteiger partial charge in [0.15, 0.2) is 0 Å². The summed E-state index contributed by atoms with van der Waals surface area (Å²) in [5.74, 6) is -0.443. The quantitative estimate of drug-likeness (QED) is 0.388. The van der Waals surface area contributed by atoms with Crippen LogP contribution in [0, 0.1) is 11.3 Å². The lowest BCUT2D eigenvalue weighted by atomic mass is 9.84. The van der Waals surface area contributed by atoms with Gasteiger partial charge in [-0.3, -0.25) is 24.1 Å². The minimum Gasteiger partial charge on any atom is -0.342 e. The average Bonchev–Trinajstić information content (AvgIpc) is 3.41. The number of hydrogen-bond donors (Lipinski definition) is 1. The fraction of sp³-hybridized carbons (Fsp3) is 0.818. The van der Waals surface area contributed by atoms with Crippen LogP contribution in [-0.2, 0) is 19.2 Å². The highest BCUT2D eigenvalue weighted by molar-refractivity contribution is 5.97. The fourth-order valence-corrected chi connectivity index (χ4v) is 6.15. The van der Waals surface area contributed by atoms with Crippen molar-refractivity contribution in [3.63, 3.8) is 0 Å². The molecule has 42 heavy (non-hydrogen) atoms. The molecule has 9 heteroatoms. The van der Waals surface area contributed by atoms with Crippen molar-refractivity contribution in [2.45, 2.75) is 138 Å². The molecule has 240 valence electrons. The first-order valence-electron chi connectivity index (χ1n) is 16.0. The van der Waals surface area contributed by atoms with Crippen molar-refractivity contribution in [2.75, 3.05) is 27.2 Å². The van der Waals surface area contributed by atoms with Gasteiger partial charge in [0.25, 0.3) is 0 Å². The van der Waals surface area contributed by atoms with Crippen LogP contribution in [0.3, 0.4) is 0 Å². The second-order valence-electron chi connectivity index (χ2n) is 14.4. The van der Waals surface area contributed by atoms with E-state index < -0.39 is 17.5 Å². The topological polar surface area (TPSA) is 93.3 Å². The third-order valence-electron chi connectivity index (χ3n) is 9.07. The molecule has 0 saturated carbocycles. The van der Waals surface area contributed by atoms with Gasteiger partial charge in [0.2, 0.25) is 23.6 Å². The Morgan fingerprint density at radius 3 is 1.98 bits per heavy atom. The van der Waals surface area contributed by atoms with Crippen molar-refractivity contribution in [1.29, 1.82) is 0 Å². The summed E-state index contributed by atoms with van der Waals surface area (Å²) in [6.07, 6.45) is 6.17. The van der Waals surface area contributed by atoms with Crippen molar-refractivity contribution in [3.8, 4) is 0 Å². The van der Waals surface area contributed by atoms with Gasteiger partial charge in [-0.25, -0.2) is 0 Å². The zero-order valence-corrected chi connectivity index (χ0v) is 28.5. The van der Waals surface area contributed by atoms with E-state index in [1.807, 2.05) is 54.5 Å². The normalized spacial score (nSPS) is 22.0. The summed E-state index contributed by atoms with van der Waals surface area (Å²) in [4.78, 5) is 61.7. The van der Waals surface area contributed by atoms with Crippen LogP contribution >= 0.6 is 0 Å². The SMILES string of the molecule is C/C(=C\[C@H](C(C)C)N(C)C(=O)[C@@H](NC(=O)[C@H]1CCCCN1C(C)C)C(C)(C)C)C(=O)N1CCC[C@H]1C(=O)N(C)C(C)C. The molecule has 0 unspecified atom stereocenters. The standard InChI is InChI=1S/C33H59N5O4/c1-21(2)27(20-24(7)30(40)38-19-15-17-26(38)31(41)35(11)22(3)4)36(12)32(42)28(33(8,9)10)34-29(39)25-16-13-14-18-37(25)23(5)6/h20-23,25-28H,13-19H2,1-12H3,(H,34,39)/b24-20+/t25-,26+,27-,28-/m1/s1. The number of piperidine rings is 1. The molecule has 4 amide bonds. The van der Waals surface area contributed by atoms with Crippen LogP contribution in [0.4, 0.5) is 0 Å². The molecule has 2 rings (SSSR count). The second kappa shape index (κ2) is 14.8. The fourth-order valence-electron chi connectivity index (χ4n) is 6.15. The minimum absolute atomic E-state index is 0.0240. The van der Waals surface area contributed by atoms with Crippen LogP contribution in [0.2, 0.25) is 0 Å². The summed E-state index contributed by atoms with van der Waals surface area (Å²) in [5.41, 5.74) is 0.00592. The molecule has 0 spiro atoms. The van der Waals surface area contributed by atoms with E-state index in [2.05, 4.69) is 24.1 Å². The number of rotatable bonds is 10. The van der Waals surface area contributed by atoms with Gasteiger partial charge < -0.3 is 20.0 Å². The van der Waals surface area contributed by atoms with Gasteiger partial charge in [-0.05, 0) is 78.2 Å². The van der Waals surface area contributed by atoms with Crippen LogP contribution in [0.25, 0.3) is 0 Å². The Hall–Kier alpha value is -2.42. The highest BCUT2D eigenvalue weighted by Gasteiger charge is 2.41. The number of nitrogens with zero attached hydrogens (tertiary/aromatic N) is 4. The van der Waals surface area contributed by atoms with E-state index in [-0.39, 0.29) is 53.7 Å². The molecule has 9 nitrogen and oxygen atoms in total. The molecular weight excluding hydrogens is 530 g/mol. The third-order valence-corrected chi connectivity index (χ3v) is 9.07. The molecule has 0 bridgehead atoms. The Bertz CT molecular complexity index is 999. The Morgan fingerprint density at radius 2 is 1.45 bits per heavy atom. The summed E-state index contributed by atoms with van der Waals surface area (Å²) >= 11 is 0. The van der Waals surface area contributed by atoms with Gasteiger partial charge in [0, 0.05) is 38.3 Å². The lowest BCUT2D eigenvalue weighted by molar-refractivity contribution is -0.142. The van der Waals surface area contributed by atoms with Crippen molar-refractivity contribution in [2.24, 2.45) is 11.3 Å². The molecule has 0 aromatic rings. The van der Waals surface area contributed by atoms with Crippen molar-refractivity contribution in [1.82, 2.24) is 24.9 Å². The van der Waals surface area contributed by atoms with Gasteiger partial charge in [-0.1, -0.05) is 47.1 Å². The number of carbonyl (C=O) groups is 4. The molecule has 0 aliphatic carbocycles. The lowest BCUT2D eigenvalue weighted by Gasteiger charge is -2.41. The van der Waals surface area contributed by atoms with Gasteiger partial charge in [0.05, 0.1) is 12.1 Å². The number of hydrogen-bond acceptors (Lipinski definition) is 5. The molecule has 2 aliphatic heterocycles. The maximum atomic E-state index is 14.1. The number of amides is 4. The molecule has 4 atom stereocenters. The van der Waals surface area contributed by atoms with E-state index in [1.54, 1.807) is 35.7 Å². The number of nitrogens with one attached hydrogen (secondary N) is 1. The Labute approximate surface area is 255 Å². The van der Waals surface area contributed by atoms with Crippen molar-refractivity contribution in [3.05, 3.63) is 11.6 Å². The number of carbonyl (C=O) groups excluding carboxylic acids is 4.